The highest BCUT2D eigenvalue weighted by atomic mass is 16.2. The number of nitrogens with zero attached hydrogens (tertiary/aromatic N) is 3. The molecule has 1 saturated heterocycles. The summed E-state index contributed by atoms with van der Waals surface area (Å²) >= 11 is 0. The third-order valence-electron chi connectivity index (χ3n) is 3.85. The summed E-state index contributed by atoms with van der Waals surface area (Å²) in [5.74, 6) is 0.724. The van der Waals surface area contributed by atoms with Crippen molar-refractivity contribution in [1.82, 2.24) is 14.9 Å². The summed E-state index contributed by atoms with van der Waals surface area (Å²) in [5, 5.41) is 0. The van der Waals surface area contributed by atoms with Crippen molar-refractivity contribution in [3.8, 4) is 0 Å². The summed E-state index contributed by atoms with van der Waals surface area (Å²) < 4.78 is 0. The van der Waals surface area contributed by atoms with Crippen molar-refractivity contribution >= 4 is 11.9 Å². The van der Waals surface area contributed by atoms with Crippen molar-refractivity contribution in [3.05, 3.63) is 53.9 Å². The summed E-state index contributed by atoms with van der Waals surface area (Å²) in [5.41, 5.74) is 7.60. The summed E-state index contributed by atoms with van der Waals surface area (Å²) in [4.78, 5) is 22.4. The quantitative estimate of drug-likeness (QED) is 0.928. The van der Waals surface area contributed by atoms with Crippen molar-refractivity contribution in [2.45, 2.75) is 18.8 Å². The lowest BCUT2D eigenvalue weighted by Crippen LogP contribution is -2.29. The second-order valence-electron chi connectivity index (χ2n) is 5.33. The number of carbonyl (C=O) groups is 1. The van der Waals surface area contributed by atoms with Crippen molar-refractivity contribution < 1.29 is 4.79 Å². The second kappa shape index (κ2) is 5.91. The topological polar surface area (TPSA) is 72.1 Å². The highest BCUT2D eigenvalue weighted by Gasteiger charge is 2.28. The van der Waals surface area contributed by atoms with Crippen LogP contribution in [-0.2, 0) is 11.2 Å². The van der Waals surface area contributed by atoms with E-state index in [0.29, 0.717) is 18.9 Å². The Balaban J connectivity index is 1.63. The molecule has 1 aromatic heterocycles. The van der Waals surface area contributed by atoms with Crippen LogP contribution in [-0.4, -0.2) is 33.9 Å². The molecule has 1 fully saturated rings. The standard InChI is InChI=1S/C16H18N4O/c17-16-18-8-6-14(19-16)13-7-9-20(11-13)15(21)10-12-4-2-1-3-5-12/h1-6,8,13H,7,9-11H2,(H2,17,18,19)/t13-/m0/s1. The minimum Gasteiger partial charge on any atom is -0.368 e. The third kappa shape index (κ3) is 3.18. The zero-order valence-electron chi connectivity index (χ0n) is 11.8. The summed E-state index contributed by atoms with van der Waals surface area (Å²) in [6.07, 6.45) is 3.06. The molecule has 3 rings (SSSR count). The minimum absolute atomic E-state index is 0.172. The van der Waals surface area contributed by atoms with Gasteiger partial charge in [0.2, 0.25) is 11.9 Å². The molecule has 2 heterocycles. The van der Waals surface area contributed by atoms with E-state index in [1.165, 1.54) is 0 Å². The van der Waals surface area contributed by atoms with Crippen molar-refractivity contribution in [3.63, 3.8) is 0 Å². The first-order chi connectivity index (χ1) is 10.2. The number of benzene rings is 1. The van der Waals surface area contributed by atoms with E-state index in [4.69, 9.17) is 5.73 Å². The lowest BCUT2D eigenvalue weighted by atomic mass is 10.1. The third-order valence-corrected chi connectivity index (χ3v) is 3.85. The van der Waals surface area contributed by atoms with Crippen molar-refractivity contribution in [2.75, 3.05) is 18.8 Å². The van der Waals surface area contributed by atoms with Gasteiger partial charge in [-0.3, -0.25) is 4.79 Å². The molecule has 0 unspecified atom stereocenters. The minimum atomic E-state index is 0.172. The maximum absolute atomic E-state index is 12.3. The van der Waals surface area contributed by atoms with Gasteiger partial charge in [0.05, 0.1) is 12.1 Å². The number of anilines is 1. The van der Waals surface area contributed by atoms with Gasteiger partial charge in [-0.1, -0.05) is 30.3 Å². The lowest BCUT2D eigenvalue weighted by molar-refractivity contribution is -0.129. The molecule has 5 heteroatoms. The summed E-state index contributed by atoms with van der Waals surface area (Å²) in [6.45, 7) is 1.49. The van der Waals surface area contributed by atoms with Gasteiger partial charge in [-0.2, -0.15) is 0 Å². The van der Waals surface area contributed by atoms with Crippen molar-refractivity contribution in [1.29, 1.82) is 0 Å². The van der Waals surface area contributed by atoms with Crippen LogP contribution in [0.25, 0.3) is 0 Å². The van der Waals surface area contributed by atoms with Gasteiger partial charge in [0.15, 0.2) is 0 Å². The van der Waals surface area contributed by atoms with Crippen LogP contribution in [0.1, 0.15) is 23.6 Å². The summed E-state index contributed by atoms with van der Waals surface area (Å²) in [6, 6.07) is 11.7. The van der Waals surface area contributed by atoms with E-state index in [9.17, 15) is 4.79 Å². The molecule has 1 aliphatic heterocycles. The van der Waals surface area contributed by atoms with Crippen LogP contribution in [0.15, 0.2) is 42.6 Å². The highest BCUT2D eigenvalue weighted by Crippen LogP contribution is 2.26. The maximum atomic E-state index is 12.3. The molecule has 0 aliphatic carbocycles. The number of likely N-dealkylation sites (tertiary alicyclic amines) is 1. The molecule has 1 aliphatic rings. The number of carbonyl (C=O) groups excluding carboxylic acids is 1. The molecule has 0 saturated carbocycles. The fourth-order valence-electron chi connectivity index (χ4n) is 2.73. The number of amides is 1. The first-order valence-electron chi connectivity index (χ1n) is 7.12. The van der Waals surface area contributed by atoms with E-state index in [0.717, 1.165) is 24.2 Å². The molecule has 0 bridgehead atoms. The van der Waals surface area contributed by atoms with E-state index in [1.54, 1.807) is 6.20 Å². The Morgan fingerprint density at radius 2 is 2.10 bits per heavy atom. The average Bonchev–Trinajstić information content (AvgIpc) is 2.98. The van der Waals surface area contributed by atoms with Gasteiger partial charge >= 0.3 is 0 Å². The largest absolute Gasteiger partial charge is 0.368 e. The number of nitrogens with two attached hydrogens (primary N) is 1. The first-order valence-corrected chi connectivity index (χ1v) is 7.12. The van der Waals surface area contributed by atoms with Gasteiger partial charge in [-0.05, 0) is 18.1 Å². The zero-order chi connectivity index (χ0) is 14.7. The van der Waals surface area contributed by atoms with E-state index >= 15 is 0 Å². The van der Waals surface area contributed by atoms with Gasteiger partial charge in [-0.25, -0.2) is 9.97 Å². The van der Waals surface area contributed by atoms with Crippen LogP contribution in [0.4, 0.5) is 5.95 Å². The Hall–Kier alpha value is -2.43. The normalized spacial score (nSPS) is 17.9. The fraction of sp³-hybridized carbons (Fsp3) is 0.312. The fourth-order valence-corrected chi connectivity index (χ4v) is 2.73. The first kappa shape index (κ1) is 13.5. The molecule has 1 amide bonds. The SMILES string of the molecule is Nc1nccc([C@H]2CCN(C(=O)Cc3ccccc3)C2)n1. The molecule has 0 radical (unpaired) electrons. The van der Waals surface area contributed by atoms with Crippen LogP contribution in [0.5, 0.6) is 0 Å². The number of hydrogen-bond donors (Lipinski definition) is 1. The van der Waals surface area contributed by atoms with E-state index in [-0.39, 0.29) is 11.8 Å². The average molecular weight is 282 g/mol. The van der Waals surface area contributed by atoms with E-state index in [1.807, 2.05) is 41.3 Å². The van der Waals surface area contributed by atoms with Crippen LogP contribution < -0.4 is 5.73 Å². The van der Waals surface area contributed by atoms with Crippen LogP contribution in [0.2, 0.25) is 0 Å². The molecule has 0 spiro atoms. The predicted molar refractivity (Wildman–Crippen MR) is 80.5 cm³/mol. The Labute approximate surface area is 123 Å². The van der Waals surface area contributed by atoms with Gasteiger partial charge in [0.1, 0.15) is 0 Å². The van der Waals surface area contributed by atoms with E-state index in [2.05, 4.69) is 9.97 Å². The van der Waals surface area contributed by atoms with Gasteiger partial charge in [-0.15, -0.1) is 0 Å². The molecule has 2 N–H and O–H groups in total. The monoisotopic (exact) mass is 282 g/mol. The number of aromatic nitrogens is 2. The Morgan fingerprint density at radius 3 is 2.86 bits per heavy atom. The number of hydrogen-bond acceptors (Lipinski definition) is 4. The molecule has 1 atom stereocenters. The van der Waals surface area contributed by atoms with Gasteiger partial charge in [0, 0.05) is 25.2 Å². The zero-order valence-corrected chi connectivity index (χ0v) is 11.8. The van der Waals surface area contributed by atoms with Crippen LogP contribution >= 0.6 is 0 Å². The highest BCUT2D eigenvalue weighted by molar-refractivity contribution is 5.79. The molecule has 108 valence electrons. The second-order valence-corrected chi connectivity index (χ2v) is 5.33. The molecular weight excluding hydrogens is 264 g/mol. The Morgan fingerprint density at radius 1 is 1.29 bits per heavy atom. The van der Waals surface area contributed by atoms with E-state index < -0.39 is 0 Å². The lowest BCUT2D eigenvalue weighted by Gasteiger charge is -2.16. The molecule has 21 heavy (non-hydrogen) atoms. The molecule has 1 aromatic carbocycles. The van der Waals surface area contributed by atoms with Gasteiger partial charge in [0.25, 0.3) is 0 Å². The number of nitrogen functional groups attached to an aromatic ring is 1. The molecule has 5 nitrogen and oxygen atoms in total. The van der Waals surface area contributed by atoms with Crippen LogP contribution in [0, 0.1) is 0 Å². The Bertz CT molecular complexity index is 629. The number of rotatable bonds is 3. The van der Waals surface area contributed by atoms with Gasteiger partial charge < -0.3 is 10.6 Å². The summed E-state index contributed by atoms with van der Waals surface area (Å²) in [7, 11) is 0. The van der Waals surface area contributed by atoms with Crippen molar-refractivity contribution in [2.24, 2.45) is 0 Å². The molecule has 2 aromatic rings. The molecular formula is C16H18N4O. The smallest absolute Gasteiger partial charge is 0.227 e. The predicted octanol–water partition coefficient (Wildman–Crippen LogP) is 1.62. The Kier molecular flexibility index (Phi) is 3.81. The maximum Gasteiger partial charge on any atom is 0.227 e. The van der Waals surface area contributed by atoms with Crippen LogP contribution in [0.3, 0.4) is 0 Å².